The van der Waals surface area contributed by atoms with Gasteiger partial charge >= 0.3 is 6.09 Å². The summed E-state index contributed by atoms with van der Waals surface area (Å²) in [7, 11) is 0. The number of halogens is 2. The minimum Gasteiger partial charge on any atom is -0.465 e. The van der Waals surface area contributed by atoms with Gasteiger partial charge in [0, 0.05) is 18.8 Å². The maximum absolute atomic E-state index is 14.6. The van der Waals surface area contributed by atoms with E-state index in [4.69, 9.17) is 21.4 Å². The second-order valence-electron chi connectivity index (χ2n) is 6.57. The van der Waals surface area contributed by atoms with Gasteiger partial charge in [-0.15, -0.1) is 11.3 Å². The van der Waals surface area contributed by atoms with Crippen LogP contribution in [0.3, 0.4) is 0 Å². The molecule has 0 bridgehead atoms. The average molecular weight is 485 g/mol. The zero-order valence-electron chi connectivity index (χ0n) is 16.4. The van der Waals surface area contributed by atoms with Gasteiger partial charge in [-0.25, -0.2) is 9.18 Å². The SMILES string of the molecule is O=C(O)N[C@@H](CNC(=O)c1ccc(Cl)s1)C(=O)Nc1ccc(N2CCOCC2=O)c(F)c1. The van der Waals surface area contributed by atoms with Crippen LogP contribution in [0.1, 0.15) is 9.67 Å². The summed E-state index contributed by atoms with van der Waals surface area (Å²) in [6.45, 7) is -0.0317. The van der Waals surface area contributed by atoms with E-state index in [2.05, 4.69) is 10.6 Å². The molecular formula is C19H18ClFN4O6S. The number of ether oxygens (including phenoxy) is 1. The molecule has 2 aromatic rings. The second-order valence-corrected chi connectivity index (χ2v) is 8.28. The first-order valence-electron chi connectivity index (χ1n) is 9.26. The molecule has 4 amide bonds. The number of carboxylic acid groups (broad SMARTS) is 1. The van der Waals surface area contributed by atoms with Crippen molar-refractivity contribution < 1.29 is 33.4 Å². The Morgan fingerprint density at radius 3 is 2.69 bits per heavy atom. The van der Waals surface area contributed by atoms with Crippen molar-refractivity contribution in [3.8, 4) is 0 Å². The smallest absolute Gasteiger partial charge is 0.405 e. The standard InChI is InChI=1S/C19H18ClFN4O6S/c20-15-4-3-14(32-15)18(28)22-8-12(24-19(29)30)17(27)23-10-1-2-13(11(21)7-10)25-5-6-31-9-16(25)26/h1-4,7,12,24H,5-6,8-9H2,(H,22,28)(H,23,27)(H,29,30)/t12-/m0/s1. The number of carbonyl (C=O) groups excluding carboxylic acids is 3. The van der Waals surface area contributed by atoms with E-state index >= 15 is 0 Å². The van der Waals surface area contributed by atoms with E-state index in [0.29, 0.717) is 9.21 Å². The Kier molecular flexibility index (Phi) is 7.62. The Morgan fingerprint density at radius 2 is 2.06 bits per heavy atom. The lowest BCUT2D eigenvalue weighted by Gasteiger charge is -2.27. The molecule has 1 aromatic carbocycles. The number of rotatable bonds is 7. The highest BCUT2D eigenvalue weighted by Crippen LogP contribution is 2.24. The van der Waals surface area contributed by atoms with Crippen LogP contribution in [0, 0.1) is 5.82 Å². The molecule has 1 aliphatic rings. The molecule has 1 saturated heterocycles. The minimum atomic E-state index is -1.48. The third kappa shape index (κ3) is 5.93. The molecule has 10 nitrogen and oxygen atoms in total. The lowest BCUT2D eigenvalue weighted by molar-refractivity contribution is -0.125. The number of benzene rings is 1. The number of anilines is 2. The molecular weight excluding hydrogens is 467 g/mol. The van der Waals surface area contributed by atoms with Crippen molar-refractivity contribution in [2.45, 2.75) is 6.04 Å². The lowest BCUT2D eigenvalue weighted by Crippen LogP contribution is -2.50. The van der Waals surface area contributed by atoms with Crippen LogP contribution < -0.4 is 20.9 Å². The second kappa shape index (κ2) is 10.4. The van der Waals surface area contributed by atoms with E-state index in [0.717, 1.165) is 17.4 Å². The van der Waals surface area contributed by atoms with Gasteiger partial charge in [0.15, 0.2) is 0 Å². The van der Waals surface area contributed by atoms with Gasteiger partial charge in [0.1, 0.15) is 18.5 Å². The van der Waals surface area contributed by atoms with E-state index in [-0.39, 0.29) is 43.6 Å². The summed E-state index contributed by atoms with van der Waals surface area (Å²) in [6.07, 6.45) is -1.48. The van der Waals surface area contributed by atoms with Gasteiger partial charge in [-0.05, 0) is 30.3 Å². The molecule has 2 heterocycles. The summed E-state index contributed by atoms with van der Waals surface area (Å²) in [6, 6.07) is 5.39. The molecule has 4 N–H and O–H groups in total. The molecule has 1 atom stereocenters. The van der Waals surface area contributed by atoms with E-state index in [9.17, 15) is 23.6 Å². The topological polar surface area (TPSA) is 137 Å². The molecule has 0 aliphatic carbocycles. The predicted octanol–water partition coefficient (Wildman–Crippen LogP) is 1.91. The normalized spacial score (nSPS) is 14.6. The Hall–Kier alpha value is -3.22. The summed E-state index contributed by atoms with van der Waals surface area (Å²) in [5, 5.41) is 15.9. The van der Waals surface area contributed by atoms with E-state index in [1.807, 2.05) is 5.32 Å². The highest BCUT2D eigenvalue weighted by molar-refractivity contribution is 7.18. The molecule has 0 saturated carbocycles. The summed E-state index contributed by atoms with van der Waals surface area (Å²) in [5.41, 5.74) is 0.0869. The van der Waals surface area contributed by atoms with Gasteiger partial charge in [0.05, 0.1) is 21.5 Å². The molecule has 0 radical (unpaired) electrons. The predicted molar refractivity (Wildman–Crippen MR) is 115 cm³/mol. The number of nitrogens with zero attached hydrogens (tertiary/aromatic N) is 1. The Bertz CT molecular complexity index is 1050. The van der Waals surface area contributed by atoms with Crippen LogP contribution >= 0.6 is 22.9 Å². The number of hydrogen-bond donors (Lipinski definition) is 4. The molecule has 32 heavy (non-hydrogen) atoms. The van der Waals surface area contributed by atoms with Crippen molar-refractivity contribution in [3.05, 3.63) is 45.4 Å². The third-order valence-corrected chi connectivity index (χ3v) is 5.60. The molecule has 13 heteroatoms. The highest BCUT2D eigenvalue weighted by atomic mass is 35.5. The average Bonchev–Trinajstić information content (AvgIpc) is 3.18. The Labute approximate surface area is 190 Å². The molecule has 1 fully saturated rings. The summed E-state index contributed by atoms with van der Waals surface area (Å²) >= 11 is 6.81. The lowest BCUT2D eigenvalue weighted by atomic mass is 10.2. The van der Waals surface area contributed by atoms with Crippen molar-refractivity contribution in [3.63, 3.8) is 0 Å². The van der Waals surface area contributed by atoms with E-state index in [1.54, 1.807) is 0 Å². The summed E-state index contributed by atoms with van der Waals surface area (Å²) < 4.78 is 20.0. The molecule has 1 aliphatic heterocycles. The Morgan fingerprint density at radius 1 is 1.28 bits per heavy atom. The maximum atomic E-state index is 14.6. The van der Waals surface area contributed by atoms with Crippen molar-refractivity contribution in [2.24, 2.45) is 0 Å². The number of amides is 4. The van der Waals surface area contributed by atoms with Gasteiger partial charge in [-0.3, -0.25) is 14.4 Å². The van der Waals surface area contributed by atoms with Crippen molar-refractivity contribution in [1.29, 1.82) is 0 Å². The fraction of sp³-hybridized carbons (Fsp3) is 0.263. The monoisotopic (exact) mass is 484 g/mol. The zero-order chi connectivity index (χ0) is 23.3. The minimum absolute atomic E-state index is 0.0402. The highest BCUT2D eigenvalue weighted by Gasteiger charge is 2.25. The van der Waals surface area contributed by atoms with Gasteiger partial charge in [-0.1, -0.05) is 11.6 Å². The summed E-state index contributed by atoms with van der Waals surface area (Å²) in [4.78, 5) is 49.2. The first-order valence-corrected chi connectivity index (χ1v) is 10.5. The number of carbonyl (C=O) groups is 4. The molecule has 0 unspecified atom stereocenters. The van der Waals surface area contributed by atoms with Gasteiger partial charge < -0.3 is 30.7 Å². The van der Waals surface area contributed by atoms with Gasteiger partial charge in [0.25, 0.3) is 11.8 Å². The fourth-order valence-corrected chi connectivity index (χ4v) is 3.84. The zero-order valence-corrected chi connectivity index (χ0v) is 18.0. The fourth-order valence-electron chi connectivity index (χ4n) is 2.88. The van der Waals surface area contributed by atoms with E-state index < -0.39 is 29.8 Å². The Balaban J connectivity index is 1.66. The number of thiophene rings is 1. The van der Waals surface area contributed by atoms with Crippen LogP contribution in [0.25, 0.3) is 0 Å². The molecule has 3 rings (SSSR count). The first kappa shape index (κ1) is 23.4. The maximum Gasteiger partial charge on any atom is 0.405 e. The van der Waals surface area contributed by atoms with Crippen LogP contribution in [0.5, 0.6) is 0 Å². The van der Waals surface area contributed by atoms with Gasteiger partial charge in [-0.2, -0.15) is 0 Å². The van der Waals surface area contributed by atoms with Crippen molar-refractivity contribution in [1.82, 2.24) is 10.6 Å². The van der Waals surface area contributed by atoms with Crippen LogP contribution in [-0.2, 0) is 14.3 Å². The van der Waals surface area contributed by atoms with Crippen LogP contribution in [0.4, 0.5) is 20.6 Å². The van der Waals surface area contributed by atoms with Crippen LogP contribution in [0.2, 0.25) is 4.34 Å². The summed E-state index contributed by atoms with van der Waals surface area (Å²) in [5.74, 6) is -2.48. The van der Waals surface area contributed by atoms with Crippen LogP contribution in [0.15, 0.2) is 30.3 Å². The number of morpholine rings is 1. The van der Waals surface area contributed by atoms with Crippen LogP contribution in [-0.4, -0.2) is 61.3 Å². The first-order chi connectivity index (χ1) is 15.2. The molecule has 0 spiro atoms. The third-order valence-electron chi connectivity index (χ3n) is 4.37. The quantitative estimate of drug-likeness (QED) is 0.474. The molecule has 170 valence electrons. The van der Waals surface area contributed by atoms with Gasteiger partial charge in [0.2, 0.25) is 5.91 Å². The van der Waals surface area contributed by atoms with Crippen molar-refractivity contribution in [2.75, 3.05) is 36.5 Å². The number of nitrogens with one attached hydrogen (secondary N) is 3. The molecule has 1 aromatic heterocycles. The van der Waals surface area contributed by atoms with E-state index in [1.165, 1.54) is 29.2 Å². The number of hydrogen-bond acceptors (Lipinski definition) is 6. The van der Waals surface area contributed by atoms with Crippen molar-refractivity contribution >= 4 is 58.1 Å². The largest absolute Gasteiger partial charge is 0.465 e.